The molecule has 20 heavy (non-hydrogen) atoms. The Bertz CT molecular complexity index is 710. The molecule has 0 amide bonds. The van der Waals surface area contributed by atoms with Crippen LogP contribution in [0.25, 0.3) is 11.1 Å². The van der Waals surface area contributed by atoms with Gasteiger partial charge in [-0.25, -0.2) is 8.42 Å². The summed E-state index contributed by atoms with van der Waals surface area (Å²) < 4.78 is 29.5. The molecule has 1 saturated heterocycles. The van der Waals surface area contributed by atoms with E-state index in [0.717, 1.165) is 12.0 Å². The maximum atomic E-state index is 12.2. The van der Waals surface area contributed by atoms with Crippen LogP contribution in [0.15, 0.2) is 29.0 Å². The molecule has 1 aliphatic rings. The lowest BCUT2D eigenvalue weighted by atomic mass is 10.0. The van der Waals surface area contributed by atoms with Crippen LogP contribution in [0.5, 0.6) is 0 Å². The first-order chi connectivity index (χ1) is 9.59. The number of anilines is 1. The molecule has 106 valence electrons. The van der Waals surface area contributed by atoms with Gasteiger partial charge < -0.3 is 10.3 Å². The van der Waals surface area contributed by atoms with Crippen LogP contribution in [0.1, 0.15) is 30.2 Å². The van der Waals surface area contributed by atoms with Gasteiger partial charge in [-0.1, -0.05) is 11.6 Å². The Kier molecular flexibility index (Phi) is 3.21. The zero-order chi connectivity index (χ0) is 14.2. The molecule has 2 aromatic rings. The van der Waals surface area contributed by atoms with E-state index in [1.165, 1.54) is 0 Å². The smallest absolute Gasteiger partial charge is 0.230 e. The van der Waals surface area contributed by atoms with Crippen LogP contribution in [-0.4, -0.2) is 24.3 Å². The minimum absolute atomic E-state index is 0.145. The van der Waals surface area contributed by atoms with Crippen molar-refractivity contribution >= 4 is 15.7 Å². The summed E-state index contributed by atoms with van der Waals surface area (Å²) in [5.74, 6) is 0.340. The average Bonchev–Trinajstić information content (AvgIpc) is 2.81. The molecule has 7 heteroatoms. The van der Waals surface area contributed by atoms with Crippen molar-refractivity contribution in [1.82, 2.24) is 10.1 Å². The van der Waals surface area contributed by atoms with Gasteiger partial charge in [0.05, 0.1) is 11.3 Å². The topological polar surface area (TPSA) is 99.1 Å². The SMILES string of the molecule is Nc1onc(C2CCCCS2(=O)=O)c1-c1ccncc1. The lowest BCUT2D eigenvalue weighted by molar-refractivity contribution is 0.421. The summed E-state index contributed by atoms with van der Waals surface area (Å²) in [6, 6.07) is 3.53. The van der Waals surface area contributed by atoms with Crippen LogP contribution in [0.2, 0.25) is 0 Å². The van der Waals surface area contributed by atoms with Gasteiger partial charge in [0.2, 0.25) is 5.88 Å². The number of hydrogen-bond donors (Lipinski definition) is 1. The third kappa shape index (κ3) is 2.18. The highest BCUT2D eigenvalue weighted by Crippen LogP contribution is 2.40. The second-order valence-electron chi connectivity index (χ2n) is 4.89. The molecular weight excluding hydrogens is 278 g/mol. The van der Waals surface area contributed by atoms with Crippen molar-refractivity contribution in [2.24, 2.45) is 0 Å². The quantitative estimate of drug-likeness (QED) is 0.908. The Morgan fingerprint density at radius 1 is 1.25 bits per heavy atom. The first kappa shape index (κ1) is 13.1. The average molecular weight is 293 g/mol. The molecule has 2 aromatic heterocycles. The van der Waals surface area contributed by atoms with Gasteiger partial charge in [-0.05, 0) is 30.5 Å². The van der Waals surface area contributed by atoms with E-state index < -0.39 is 15.1 Å². The van der Waals surface area contributed by atoms with Gasteiger partial charge in [-0.3, -0.25) is 4.98 Å². The number of sulfone groups is 1. The highest BCUT2D eigenvalue weighted by atomic mass is 32.2. The zero-order valence-electron chi connectivity index (χ0n) is 10.8. The van der Waals surface area contributed by atoms with Crippen molar-refractivity contribution in [2.75, 3.05) is 11.5 Å². The Labute approximate surface area is 116 Å². The molecule has 1 atom stereocenters. The van der Waals surface area contributed by atoms with Gasteiger partial charge in [0.15, 0.2) is 9.84 Å². The van der Waals surface area contributed by atoms with E-state index in [1.54, 1.807) is 24.5 Å². The van der Waals surface area contributed by atoms with Crippen molar-refractivity contribution in [3.8, 4) is 11.1 Å². The highest BCUT2D eigenvalue weighted by molar-refractivity contribution is 7.91. The molecular formula is C13H15N3O3S. The molecule has 0 aromatic carbocycles. The first-order valence-electron chi connectivity index (χ1n) is 6.46. The summed E-state index contributed by atoms with van der Waals surface area (Å²) >= 11 is 0. The monoisotopic (exact) mass is 293 g/mol. The van der Waals surface area contributed by atoms with E-state index in [2.05, 4.69) is 10.1 Å². The fraction of sp³-hybridized carbons (Fsp3) is 0.385. The minimum Gasteiger partial charge on any atom is -0.367 e. The Morgan fingerprint density at radius 2 is 2.00 bits per heavy atom. The molecule has 0 aliphatic carbocycles. The van der Waals surface area contributed by atoms with Crippen molar-refractivity contribution in [3.05, 3.63) is 30.2 Å². The van der Waals surface area contributed by atoms with Gasteiger partial charge in [0.25, 0.3) is 0 Å². The van der Waals surface area contributed by atoms with Crippen molar-refractivity contribution < 1.29 is 12.9 Å². The van der Waals surface area contributed by atoms with E-state index >= 15 is 0 Å². The highest BCUT2D eigenvalue weighted by Gasteiger charge is 2.35. The fourth-order valence-corrected chi connectivity index (χ4v) is 4.52. The van der Waals surface area contributed by atoms with Crippen LogP contribution < -0.4 is 5.73 Å². The number of nitrogens with zero attached hydrogens (tertiary/aromatic N) is 2. The third-order valence-corrected chi connectivity index (χ3v) is 5.78. The molecule has 6 nitrogen and oxygen atoms in total. The summed E-state index contributed by atoms with van der Waals surface area (Å²) in [5, 5.41) is 3.29. The summed E-state index contributed by atoms with van der Waals surface area (Å²) in [7, 11) is -3.19. The Balaban J connectivity index is 2.12. The van der Waals surface area contributed by atoms with Gasteiger partial charge in [0.1, 0.15) is 10.9 Å². The summed E-state index contributed by atoms with van der Waals surface area (Å²) in [6.07, 6.45) is 5.39. The number of nitrogens with two attached hydrogens (primary N) is 1. The Hall–Kier alpha value is -1.89. The van der Waals surface area contributed by atoms with Gasteiger partial charge in [-0.15, -0.1) is 0 Å². The van der Waals surface area contributed by atoms with Crippen LogP contribution in [0.3, 0.4) is 0 Å². The second kappa shape index (κ2) is 4.90. The van der Waals surface area contributed by atoms with Gasteiger partial charge in [-0.2, -0.15) is 0 Å². The molecule has 3 rings (SSSR count). The fourth-order valence-electron chi connectivity index (χ4n) is 2.61. The molecule has 0 spiro atoms. The number of aromatic nitrogens is 2. The standard InChI is InChI=1S/C13H15N3O3S/c14-13-11(9-4-6-15-7-5-9)12(16-19-13)10-3-1-2-8-20(10,17)18/h4-7,10H,1-3,8,14H2. The second-order valence-corrected chi connectivity index (χ2v) is 7.20. The van der Waals surface area contributed by atoms with E-state index in [9.17, 15) is 8.42 Å². The number of hydrogen-bond acceptors (Lipinski definition) is 6. The number of nitrogen functional groups attached to an aromatic ring is 1. The normalized spacial score (nSPS) is 21.7. The molecule has 1 aliphatic heterocycles. The molecule has 0 saturated carbocycles. The number of pyridine rings is 1. The predicted molar refractivity (Wildman–Crippen MR) is 74.5 cm³/mol. The van der Waals surface area contributed by atoms with E-state index in [0.29, 0.717) is 24.1 Å². The van der Waals surface area contributed by atoms with Crippen LogP contribution in [0.4, 0.5) is 5.88 Å². The number of rotatable bonds is 2. The molecule has 1 unspecified atom stereocenters. The zero-order valence-corrected chi connectivity index (χ0v) is 11.6. The molecule has 1 fully saturated rings. The molecule has 2 N–H and O–H groups in total. The minimum atomic E-state index is -3.19. The Morgan fingerprint density at radius 3 is 2.70 bits per heavy atom. The lowest BCUT2D eigenvalue weighted by Crippen LogP contribution is -2.22. The van der Waals surface area contributed by atoms with Crippen molar-refractivity contribution in [1.29, 1.82) is 0 Å². The van der Waals surface area contributed by atoms with Gasteiger partial charge in [0, 0.05) is 12.4 Å². The van der Waals surface area contributed by atoms with E-state index in [4.69, 9.17) is 10.3 Å². The van der Waals surface area contributed by atoms with E-state index in [1.807, 2.05) is 0 Å². The summed E-state index contributed by atoms with van der Waals surface area (Å²) in [5.41, 5.74) is 7.59. The van der Waals surface area contributed by atoms with Gasteiger partial charge >= 0.3 is 0 Å². The van der Waals surface area contributed by atoms with Crippen LogP contribution in [0, 0.1) is 0 Å². The van der Waals surface area contributed by atoms with Crippen molar-refractivity contribution in [2.45, 2.75) is 24.5 Å². The summed E-state index contributed by atoms with van der Waals surface area (Å²) in [4.78, 5) is 3.95. The lowest BCUT2D eigenvalue weighted by Gasteiger charge is -2.21. The molecule has 3 heterocycles. The predicted octanol–water partition coefficient (Wildman–Crippen LogP) is 1.96. The first-order valence-corrected chi connectivity index (χ1v) is 8.18. The van der Waals surface area contributed by atoms with Crippen LogP contribution >= 0.6 is 0 Å². The maximum absolute atomic E-state index is 12.2. The largest absolute Gasteiger partial charge is 0.367 e. The molecule has 0 radical (unpaired) electrons. The van der Waals surface area contributed by atoms with Crippen molar-refractivity contribution in [3.63, 3.8) is 0 Å². The van der Waals surface area contributed by atoms with E-state index in [-0.39, 0.29) is 11.6 Å². The molecule has 0 bridgehead atoms. The maximum Gasteiger partial charge on any atom is 0.230 e. The third-order valence-electron chi connectivity index (χ3n) is 3.60. The summed E-state index contributed by atoms with van der Waals surface area (Å²) in [6.45, 7) is 0. The van der Waals surface area contributed by atoms with Crippen LogP contribution in [-0.2, 0) is 9.84 Å².